The number of rotatable bonds is 10. The van der Waals surface area contributed by atoms with Crippen LogP contribution in [0.15, 0.2) is 369 Å². The Morgan fingerprint density at radius 3 is 0.804 bits per heavy atom. The molecule has 143 heavy (non-hydrogen) atoms. The second kappa shape index (κ2) is 38.1. The van der Waals surface area contributed by atoms with E-state index in [9.17, 15) is 0 Å². The number of aromatic nitrogens is 10. The van der Waals surface area contributed by atoms with Gasteiger partial charge in [-0.1, -0.05) is 200 Å². The van der Waals surface area contributed by atoms with Gasteiger partial charge in [-0.25, -0.2) is 47.8 Å². The maximum absolute atomic E-state index is 6.39. The molecule has 0 amide bonds. The maximum Gasteiger partial charge on any atom is 0.227 e. The lowest BCUT2D eigenvalue weighted by Gasteiger charge is -2.11. The number of hydrogen-bond donors (Lipinski definition) is 0. The second-order valence-corrected chi connectivity index (χ2v) is 38.0. The minimum Gasteiger partial charge on any atom is -0.437 e. The van der Waals surface area contributed by atoms with Crippen LogP contribution < -0.4 is 22.8 Å². The Balaban J connectivity index is 0.000000106. The van der Waals surface area contributed by atoms with Crippen molar-refractivity contribution in [2.24, 2.45) is 35.2 Å². The lowest BCUT2D eigenvalue weighted by Crippen LogP contribution is -2.31. The molecule has 0 N–H and O–H groups in total. The summed E-state index contributed by atoms with van der Waals surface area (Å²) >= 11 is 0. The van der Waals surface area contributed by atoms with Gasteiger partial charge in [-0.2, -0.15) is 0 Å². The summed E-state index contributed by atoms with van der Waals surface area (Å²) in [7, 11) is 10.5. The summed E-state index contributed by atoms with van der Waals surface area (Å²) in [5.74, 6) is 0. The summed E-state index contributed by atoms with van der Waals surface area (Å²) in [6, 6.07) is 106. The highest BCUT2D eigenvalue weighted by Gasteiger charge is 2.31. The molecule has 15 heterocycles. The van der Waals surface area contributed by atoms with Gasteiger partial charge >= 0.3 is 0 Å². The Morgan fingerprint density at radius 2 is 0.469 bits per heavy atom. The SMILES string of the molecule is Cc1c[n+](C)c(-c2c(C)ccc3c2oc2ncccc23)cc1-c1ccccc1.Cc1ccc2c(n1)oc1c(-c3cc(-c4ccccc4)c(C)c[n+]3C)c(C)cc(C)c12.Cc1ccc2c(n1)oc1c(-c3cc(-c4ccccc4)c(C)c[n+]3C)c(C)ccc12.Cc1ccc2c(n1)oc1c(-c3cc(-c4ccccc4)cc[n+]3C)c(C)cc(C)c12.Cc1ccc2c(oc3ncccc32)c1-c1cc(-c2ccccc2)cc[n+]1C. The maximum atomic E-state index is 6.39. The molecule has 698 valence electrons. The van der Waals surface area contributed by atoms with Crippen LogP contribution in [0, 0.1) is 90.0 Å². The first-order valence-corrected chi connectivity index (χ1v) is 48.6. The normalized spacial score (nSPS) is 11.4. The van der Waals surface area contributed by atoms with Gasteiger partial charge in [0.25, 0.3) is 0 Å². The number of pyridine rings is 10. The summed E-state index contributed by atoms with van der Waals surface area (Å²) in [5.41, 5.74) is 46.4. The number of benzene rings is 10. The Bertz CT molecular complexity index is 9300. The van der Waals surface area contributed by atoms with Gasteiger partial charge in [0, 0.05) is 142 Å². The summed E-state index contributed by atoms with van der Waals surface area (Å²) in [5, 5.41) is 10.9. The van der Waals surface area contributed by atoms with Crippen molar-refractivity contribution in [2.75, 3.05) is 0 Å². The molecule has 15 aromatic heterocycles. The molecule has 0 atom stereocenters. The zero-order valence-electron chi connectivity index (χ0n) is 83.9. The molecule has 0 spiro atoms. The van der Waals surface area contributed by atoms with Gasteiger partial charge in [-0.05, 0) is 245 Å². The van der Waals surface area contributed by atoms with E-state index in [4.69, 9.17) is 22.1 Å². The minimum absolute atomic E-state index is 0.682. The molecule has 0 aliphatic heterocycles. The van der Waals surface area contributed by atoms with E-state index in [0.29, 0.717) is 28.6 Å². The molecular formula is C128H111N10O5+5. The number of aryl methyl sites for hydroxylation is 18. The average molecular weight is 1870 g/mol. The van der Waals surface area contributed by atoms with Crippen molar-refractivity contribution in [1.29, 1.82) is 0 Å². The van der Waals surface area contributed by atoms with Crippen molar-refractivity contribution < 1.29 is 44.9 Å². The Kier molecular flexibility index (Phi) is 24.6. The first kappa shape index (κ1) is 92.1. The van der Waals surface area contributed by atoms with Crippen LogP contribution in [0.3, 0.4) is 0 Å². The highest BCUT2D eigenvalue weighted by Crippen LogP contribution is 2.46. The molecule has 0 radical (unpaired) electrons. The molecule has 0 aliphatic rings. The molecule has 0 aliphatic carbocycles. The summed E-state index contributed by atoms with van der Waals surface area (Å²) < 4.78 is 42.4. The summed E-state index contributed by atoms with van der Waals surface area (Å²) in [6.45, 7) is 27.5. The van der Waals surface area contributed by atoms with Crippen LogP contribution >= 0.6 is 0 Å². The van der Waals surface area contributed by atoms with Gasteiger partial charge in [-0.15, -0.1) is 0 Å². The molecule has 0 saturated carbocycles. The van der Waals surface area contributed by atoms with Crippen molar-refractivity contribution in [2.45, 2.75) is 90.0 Å². The number of fused-ring (bicyclic) bond motifs is 15. The number of furan rings is 5. The molecule has 25 aromatic rings. The Labute approximate surface area is 831 Å². The third-order valence-electron chi connectivity index (χ3n) is 27.9. The number of nitrogens with zero attached hydrogens (tertiary/aromatic N) is 10. The predicted octanol–water partition coefficient (Wildman–Crippen LogP) is 29.7. The van der Waals surface area contributed by atoms with Crippen LogP contribution in [0.4, 0.5) is 0 Å². The van der Waals surface area contributed by atoms with E-state index < -0.39 is 0 Å². The lowest BCUT2D eigenvalue weighted by molar-refractivity contribution is -0.660. The largest absolute Gasteiger partial charge is 0.437 e. The monoisotopic (exact) mass is 1870 g/mol. The molecule has 0 bridgehead atoms. The third kappa shape index (κ3) is 17.4. The summed E-state index contributed by atoms with van der Waals surface area (Å²) in [6.07, 6.45) is 14.4. The molecule has 15 heteroatoms. The van der Waals surface area contributed by atoms with E-state index >= 15 is 0 Å². The first-order valence-electron chi connectivity index (χ1n) is 48.6. The van der Waals surface area contributed by atoms with Crippen LogP contribution in [0.25, 0.3) is 222 Å². The van der Waals surface area contributed by atoms with Gasteiger partial charge < -0.3 is 22.1 Å². The van der Waals surface area contributed by atoms with Crippen LogP contribution in [-0.4, -0.2) is 24.9 Å². The Hall–Kier alpha value is -17.3. The topological polar surface area (TPSA) is 150 Å². The van der Waals surface area contributed by atoms with Crippen LogP contribution in [0.2, 0.25) is 0 Å². The van der Waals surface area contributed by atoms with Gasteiger partial charge in [0.2, 0.25) is 57.0 Å². The molecular weight excluding hydrogens is 1760 g/mol. The van der Waals surface area contributed by atoms with E-state index in [1.165, 1.54) is 111 Å². The van der Waals surface area contributed by atoms with Crippen LogP contribution in [-0.2, 0) is 35.2 Å². The van der Waals surface area contributed by atoms with Crippen LogP contribution in [0.1, 0.15) is 72.7 Å². The van der Waals surface area contributed by atoms with E-state index in [0.717, 1.165) is 155 Å². The van der Waals surface area contributed by atoms with Gasteiger partial charge in [0.1, 0.15) is 35.2 Å². The predicted molar refractivity (Wildman–Crippen MR) is 579 cm³/mol. The molecule has 25 rings (SSSR count). The van der Waals surface area contributed by atoms with Crippen molar-refractivity contribution >= 4 is 110 Å². The zero-order valence-corrected chi connectivity index (χ0v) is 83.9. The fraction of sp³-hybridized carbons (Fsp3) is 0.141. The molecule has 0 fully saturated rings. The standard InChI is InChI=1S/C27H25N2O.2C26H23N2O.C25H21N2O.C24H19N2O/c1-16-13-17(2)25(26-24(16)21-12-11-19(4)28-27(21)30-26)23-14-22(18(3)15-29(23)5)20-9-7-6-8-10-20;1-16-10-12-20-21-13-11-18(3)27-26(21)29-25(20)24(16)23-14-22(17(2)15-28(23)4)19-8-6-5-7-9-19;1-16-14-17(2)24(25-23(16)21-11-10-18(3)27-26(21)29-25)22-15-20(12-13-28(22)4)19-8-6-5-7-9-19;1-16-11-12-19-20-10-7-13-26-25(20)28-24(19)23(16)22-14-21(17(2)15-27(22)3)18-8-5-4-6-9-18;1-16-10-11-19-20-9-6-13-25-24(20)27-23(19)22(16)21-15-18(12-14-26(21)2)17-7-4-3-5-8-17/h6-15H,1-5H3;2*5-15H,1-4H3;4-15H,1-3H3;3-15H,1-2H3/q5*+1. The lowest BCUT2D eigenvalue weighted by atomic mass is 9.94. The number of hydrogen-bond acceptors (Lipinski definition) is 10. The fourth-order valence-corrected chi connectivity index (χ4v) is 20.8. The molecule has 0 saturated heterocycles. The quantitative estimate of drug-likeness (QED) is 0.121. The van der Waals surface area contributed by atoms with Gasteiger partial charge in [-0.3, -0.25) is 0 Å². The highest BCUT2D eigenvalue weighted by molar-refractivity contribution is 6.14. The molecule has 10 aromatic carbocycles. The van der Waals surface area contributed by atoms with Crippen molar-refractivity contribution in [3.63, 3.8) is 0 Å². The summed E-state index contributed by atoms with van der Waals surface area (Å²) in [4.78, 5) is 22.7. The first-order chi connectivity index (χ1) is 69.3. The fourth-order valence-electron chi connectivity index (χ4n) is 20.8. The smallest absolute Gasteiger partial charge is 0.227 e. The van der Waals surface area contributed by atoms with E-state index in [1.54, 1.807) is 12.4 Å². The van der Waals surface area contributed by atoms with Crippen molar-refractivity contribution in [3.8, 4) is 112 Å². The van der Waals surface area contributed by atoms with Crippen molar-refractivity contribution in [3.05, 3.63) is 419 Å². The second-order valence-electron chi connectivity index (χ2n) is 38.0. The van der Waals surface area contributed by atoms with Gasteiger partial charge in [0.05, 0.1) is 27.8 Å². The van der Waals surface area contributed by atoms with Gasteiger partial charge in [0.15, 0.2) is 58.9 Å². The van der Waals surface area contributed by atoms with E-state index in [2.05, 4.69) is 450 Å². The Morgan fingerprint density at radius 1 is 0.196 bits per heavy atom. The van der Waals surface area contributed by atoms with E-state index in [-0.39, 0.29) is 0 Å². The van der Waals surface area contributed by atoms with Crippen molar-refractivity contribution in [1.82, 2.24) is 24.9 Å². The molecule has 15 nitrogen and oxygen atoms in total. The van der Waals surface area contributed by atoms with Crippen LogP contribution in [0.5, 0.6) is 0 Å². The highest BCUT2D eigenvalue weighted by atomic mass is 16.4. The zero-order chi connectivity index (χ0) is 98.9. The minimum atomic E-state index is 0.682. The average Bonchev–Trinajstić information content (AvgIpc) is 1.62. The van der Waals surface area contributed by atoms with E-state index in [1.807, 2.05) is 57.2 Å². The molecule has 0 unspecified atom stereocenters. The third-order valence-corrected chi connectivity index (χ3v) is 27.9.